The van der Waals surface area contributed by atoms with Crippen LogP contribution < -0.4 is 15.0 Å². The highest BCUT2D eigenvalue weighted by molar-refractivity contribution is 6.31. The first-order valence-corrected chi connectivity index (χ1v) is 11.2. The number of hydrogen-bond donors (Lipinski definition) is 0. The van der Waals surface area contributed by atoms with Crippen LogP contribution in [0.4, 0.5) is 0 Å². The Bertz CT molecular complexity index is 1460. The van der Waals surface area contributed by atoms with E-state index in [1.807, 2.05) is 48.5 Å². The van der Waals surface area contributed by atoms with Crippen LogP contribution >= 0.6 is 23.2 Å². The number of ether oxygens (including phenoxy) is 2. The van der Waals surface area contributed by atoms with Crippen molar-refractivity contribution in [3.8, 4) is 11.5 Å². The molecule has 0 saturated heterocycles. The van der Waals surface area contributed by atoms with Crippen molar-refractivity contribution >= 4 is 45.8 Å². The lowest BCUT2D eigenvalue weighted by Gasteiger charge is -2.12. The Morgan fingerprint density at radius 2 is 1.91 bits per heavy atom. The third kappa shape index (κ3) is 4.22. The van der Waals surface area contributed by atoms with Crippen LogP contribution in [0.15, 0.2) is 65.5 Å². The van der Waals surface area contributed by atoms with Crippen molar-refractivity contribution in [2.45, 2.75) is 19.6 Å². The number of halogens is 2. The molecule has 0 amide bonds. The van der Waals surface area contributed by atoms with Crippen LogP contribution in [0.1, 0.15) is 23.4 Å². The third-order valence-corrected chi connectivity index (χ3v) is 6.28. The van der Waals surface area contributed by atoms with Gasteiger partial charge in [-0.05, 0) is 60.0 Å². The fourth-order valence-electron chi connectivity index (χ4n) is 3.99. The first-order chi connectivity index (χ1) is 16.0. The Hall–Kier alpha value is -3.28. The van der Waals surface area contributed by atoms with Crippen LogP contribution in [0, 0.1) is 0 Å². The van der Waals surface area contributed by atoms with Gasteiger partial charge in [-0.25, -0.2) is 4.98 Å². The summed E-state index contributed by atoms with van der Waals surface area (Å²) in [5.41, 5.74) is 3.41. The van der Waals surface area contributed by atoms with Gasteiger partial charge in [0.05, 0.1) is 18.0 Å². The molecule has 0 fully saturated rings. The smallest absolute Gasteiger partial charge is 0.261 e. The fourth-order valence-corrected chi connectivity index (χ4v) is 4.35. The summed E-state index contributed by atoms with van der Waals surface area (Å²) in [7, 11) is 1.61. The largest absolute Gasteiger partial charge is 0.493 e. The van der Waals surface area contributed by atoms with Crippen LogP contribution in [-0.4, -0.2) is 16.7 Å². The first-order valence-electron chi connectivity index (χ1n) is 10.5. The van der Waals surface area contributed by atoms with Crippen molar-refractivity contribution in [3.05, 3.63) is 98.0 Å². The van der Waals surface area contributed by atoms with E-state index in [0.717, 1.165) is 23.1 Å². The average Bonchev–Trinajstić information content (AvgIpc) is 3.22. The van der Waals surface area contributed by atoms with Crippen LogP contribution in [0.5, 0.6) is 11.5 Å². The van der Waals surface area contributed by atoms with Crippen LogP contribution in [0.25, 0.3) is 22.6 Å². The molecule has 1 aromatic heterocycles. The summed E-state index contributed by atoms with van der Waals surface area (Å²) in [4.78, 5) is 17.7. The van der Waals surface area contributed by atoms with Gasteiger partial charge in [-0.15, -0.1) is 0 Å². The number of methoxy groups -OCH3 is 1. The van der Waals surface area contributed by atoms with Crippen molar-refractivity contribution in [1.82, 2.24) is 9.55 Å². The molecule has 0 saturated carbocycles. The lowest BCUT2D eigenvalue weighted by atomic mass is 10.1. The molecule has 0 aliphatic carbocycles. The number of hydrogen-bond acceptors (Lipinski definition) is 4. The predicted molar refractivity (Wildman–Crippen MR) is 132 cm³/mol. The summed E-state index contributed by atoms with van der Waals surface area (Å²) in [6, 6.07) is 18.5. The average molecular weight is 479 g/mol. The van der Waals surface area contributed by atoms with Crippen molar-refractivity contribution < 1.29 is 9.47 Å². The Balaban J connectivity index is 1.45. The topological polar surface area (TPSA) is 53.4 Å². The van der Waals surface area contributed by atoms with E-state index < -0.39 is 0 Å². The van der Waals surface area contributed by atoms with Crippen molar-refractivity contribution in [1.29, 1.82) is 0 Å². The Labute approximate surface area is 200 Å². The van der Waals surface area contributed by atoms with Gasteiger partial charge in [0.15, 0.2) is 11.5 Å². The number of fused-ring (bicyclic) bond motifs is 2. The lowest BCUT2D eigenvalue weighted by molar-refractivity contribution is 0.284. The Kier molecular flexibility index (Phi) is 5.83. The van der Waals surface area contributed by atoms with Gasteiger partial charge in [-0.1, -0.05) is 47.5 Å². The predicted octanol–water partition coefficient (Wildman–Crippen LogP) is 6.24. The van der Waals surface area contributed by atoms with Gasteiger partial charge >= 0.3 is 0 Å². The van der Waals surface area contributed by atoms with Gasteiger partial charge in [-0.2, -0.15) is 0 Å². The van der Waals surface area contributed by atoms with E-state index in [2.05, 4.69) is 0 Å². The third-order valence-electron chi connectivity index (χ3n) is 5.68. The maximum atomic E-state index is 12.9. The molecule has 33 heavy (non-hydrogen) atoms. The minimum atomic E-state index is -0.0678. The van der Waals surface area contributed by atoms with Gasteiger partial charge in [-0.3, -0.25) is 9.36 Å². The molecular formula is C26H20Cl2N2O3. The number of allylic oxidation sites excluding steroid dienone is 1. The molecule has 2 heterocycles. The van der Waals surface area contributed by atoms with E-state index in [1.165, 1.54) is 0 Å². The SMILES string of the molecule is COc1cc(/C=C2\CCn3c2nc2ccc(Cl)cc2c3=O)ccc1OCc1ccccc1Cl. The van der Waals surface area contributed by atoms with Crippen molar-refractivity contribution in [2.75, 3.05) is 7.11 Å². The molecule has 0 N–H and O–H groups in total. The van der Waals surface area contributed by atoms with E-state index in [1.54, 1.807) is 29.9 Å². The van der Waals surface area contributed by atoms with Gasteiger partial charge in [0.1, 0.15) is 12.4 Å². The molecule has 0 unspecified atom stereocenters. The van der Waals surface area contributed by atoms with Crippen molar-refractivity contribution in [2.24, 2.45) is 0 Å². The van der Waals surface area contributed by atoms with E-state index in [4.69, 9.17) is 37.7 Å². The lowest BCUT2D eigenvalue weighted by Crippen LogP contribution is -2.20. The zero-order valence-corrected chi connectivity index (χ0v) is 19.4. The van der Waals surface area contributed by atoms with E-state index in [9.17, 15) is 4.79 Å². The molecule has 0 atom stereocenters. The van der Waals surface area contributed by atoms with E-state index in [-0.39, 0.29) is 5.56 Å². The molecule has 1 aliphatic heterocycles. The summed E-state index contributed by atoms with van der Waals surface area (Å²) in [6.45, 7) is 0.930. The highest BCUT2D eigenvalue weighted by Crippen LogP contribution is 2.33. The Morgan fingerprint density at radius 1 is 1.06 bits per heavy atom. The minimum Gasteiger partial charge on any atom is -0.493 e. The number of rotatable bonds is 5. The number of benzene rings is 3. The first kappa shape index (κ1) is 21.6. The standard InChI is InChI=1S/C26H20Cl2N2O3/c1-32-24-13-16(6-9-23(24)33-15-18-4-2-3-5-21(18)28)12-17-10-11-30-25(17)29-22-8-7-19(27)14-20(22)26(30)31/h2-9,12-14H,10-11,15H2,1H3/b17-12+. The molecule has 0 bridgehead atoms. The molecule has 7 heteroatoms. The van der Waals surface area contributed by atoms with Crippen LogP contribution in [0.2, 0.25) is 10.0 Å². The van der Waals surface area contributed by atoms with Gasteiger partial charge < -0.3 is 9.47 Å². The zero-order chi connectivity index (χ0) is 22.9. The quantitative estimate of drug-likeness (QED) is 0.340. The molecule has 1 aliphatic rings. The van der Waals surface area contributed by atoms with Gasteiger partial charge in [0.25, 0.3) is 5.56 Å². The second kappa shape index (κ2) is 8.93. The second-order valence-corrected chi connectivity index (χ2v) is 8.61. The van der Waals surface area contributed by atoms with E-state index in [0.29, 0.717) is 51.4 Å². The molecule has 5 rings (SSSR count). The summed E-state index contributed by atoms with van der Waals surface area (Å²) in [6.07, 6.45) is 2.76. The maximum Gasteiger partial charge on any atom is 0.261 e. The molecule has 166 valence electrons. The normalized spacial score (nSPS) is 14.0. The van der Waals surface area contributed by atoms with Gasteiger partial charge in [0.2, 0.25) is 0 Å². The molecule has 0 radical (unpaired) electrons. The summed E-state index contributed by atoms with van der Waals surface area (Å²) in [5, 5.41) is 1.73. The van der Waals surface area contributed by atoms with Gasteiger partial charge in [0, 0.05) is 22.2 Å². The Morgan fingerprint density at radius 3 is 2.73 bits per heavy atom. The van der Waals surface area contributed by atoms with Crippen LogP contribution in [-0.2, 0) is 13.2 Å². The van der Waals surface area contributed by atoms with Crippen molar-refractivity contribution in [3.63, 3.8) is 0 Å². The summed E-state index contributed by atoms with van der Waals surface area (Å²) < 4.78 is 13.2. The zero-order valence-electron chi connectivity index (χ0n) is 17.8. The molecule has 3 aromatic carbocycles. The second-order valence-electron chi connectivity index (χ2n) is 7.76. The van der Waals surface area contributed by atoms with Crippen LogP contribution in [0.3, 0.4) is 0 Å². The number of nitrogens with zero attached hydrogens (tertiary/aromatic N) is 2. The highest BCUT2D eigenvalue weighted by Gasteiger charge is 2.21. The minimum absolute atomic E-state index is 0.0678. The highest BCUT2D eigenvalue weighted by atomic mass is 35.5. The summed E-state index contributed by atoms with van der Waals surface area (Å²) in [5.74, 6) is 1.93. The number of aromatic nitrogens is 2. The maximum absolute atomic E-state index is 12.9. The molecular weight excluding hydrogens is 459 g/mol. The monoisotopic (exact) mass is 478 g/mol. The summed E-state index contributed by atoms with van der Waals surface area (Å²) >= 11 is 12.3. The molecule has 4 aromatic rings. The molecule has 0 spiro atoms. The molecule has 5 nitrogen and oxygen atoms in total. The fraction of sp³-hybridized carbons (Fsp3) is 0.154. The van der Waals surface area contributed by atoms with E-state index >= 15 is 0 Å².